The summed E-state index contributed by atoms with van der Waals surface area (Å²) in [6, 6.07) is 9.28. The number of pyridine rings is 1. The van der Waals surface area contributed by atoms with Gasteiger partial charge in [-0.05, 0) is 44.0 Å². The minimum Gasteiger partial charge on any atom is -0.260 e. The third-order valence-corrected chi connectivity index (χ3v) is 5.49. The van der Waals surface area contributed by atoms with E-state index < -0.39 is 10.0 Å². The third kappa shape index (κ3) is 3.31. The third-order valence-electron chi connectivity index (χ3n) is 3.38. The fraction of sp³-hybridized carbons (Fsp3) is 0.312. The molecule has 1 heterocycles. The monoisotopic (exact) mass is 304 g/mol. The fourth-order valence-corrected chi connectivity index (χ4v) is 4.08. The number of aromatic nitrogens is 1. The van der Waals surface area contributed by atoms with E-state index in [9.17, 15) is 8.42 Å². The Bertz CT molecular complexity index is 717. The maximum absolute atomic E-state index is 12.8. The minimum atomic E-state index is -3.52. The van der Waals surface area contributed by atoms with E-state index in [0.29, 0.717) is 4.90 Å². The molecule has 0 radical (unpaired) electrons. The predicted molar refractivity (Wildman–Crippen MR) is 83.5 cm³/mol. The molecule has 1 aromatic carbocycles. The second-order valence-corrected chi connectivity index (χ2v) is 7.29. The summed E-state index contributed by atoms with van der Waals surface area (Å²) in [5.74, 6) is 0. The molecule has 0 aliphatic rings. The lowest BCUT2D eigenvalue weighted by Gasteiger charge is -2.20. The van der Waals surface area contributed by atoms with Crippen molar-refractivity contribution >= 4 is 10.0 Å². The predicted octanol–water partition coefficient (Wildman–Crippen LogP) is 2.83. The lowest BCUT2D eigenvalue weighted by molar-refractivity contribution is 0.461. The number of aryl methyl sites for hydroxylation is 3. The van der Waals surface area contributed by atoms with Gasteiger partial charge in [0.2, 0.25) is 10.0 Å². The molecule has 2 aromatic rings. The van der Waals surface area contributed by atoms with Crippen LogP contribution in [0.15, 0.2) is 41.4 Å². The smallest absolute Gasteiger partial charge is 0.243 e. The Labute approximate surface area is 126 Å². The van der Waals surface area contributed by atoms with Gasteiger partial charge < -0.3 is 0 Å². The zero-order chi connectivity index (χ0) is 15.6. The highest BCUT2D eigenvalue weighted by Gasteiger charge is 2.25. The van der Waals surface area contributed by atoms with Crippen molar-refractivity contribution in [2.45, 2.75) is 32.2 Å². The van der Waals surface area contributed by atoms with Gasteiger partial charge in [-0.25, -0.2) is 8.42 Å². The van der Waals surface area contributed by atoms with Crippen LogP contribution in [0.2, 0.25) is 0 Å². The van der Waals surface area contributed by atoms with Gasteiger partial charge in [0.1, 0.15) is 0 Å². The average molecular weight is 304 g/mol. The lowest BCUT2D eigenvalue weighted by atomic mass is 10.1. The number of nitrogens with zero attached hydrogens (tertiary/aromatic N) is 2. The second kappa shape index (κ2) is 5.95. The Morgan fingerprint density at radius 2 is 1.71 bits per heavy atom. The first-order valence-electron chi connectivity index (χ1n) is 6.76. The van der Waals surface area contributed by atoms with Crippen LogP contribution in [-0.2, 0) is 16.6 Å². The van der Waals surface area contributed by atoms with Gasteiger partial charge in [0.15, 0.2) is 0 Å². The van der Waals surface area contributed by atoms with Crippen molar-refractivity contribution < 1.29 is 8.42 Å². The Morgan fingerprint density at radius 3 is 2.24 bits per heavy atom. The van der Waals surface area contributed by atoms with Gasteiger partial charge in [-0.15, -0.1) is 0 Å². The van der Waals surface area contributed by atoms with E-state index in [1.54, 1.807) is 13.2 Å². The van der Waals surface area contributed by atoms with Gasteiger partial charge in [0.05, 0.1) is 17.1 Å². The average Bonchev–Trinajstić information content (AvgIpc) is 2.38. The fourth-order valence-electron chi connectivity index (χ4n) is 2.53. The molecule has 0 saturated carbocycles. The van der Waals surface area contributed by atoms with Crippen molar-refractivity contribution in [3.05, 3.63) is 58.9 Å². The van der Waals surface area contributed by atoms with Gasteiger partial charge in [0, 0.05) is 13.2 Å². The molecule has 0 amide bonds. The molecule has 21 heavy (non-hydrogen) atoms. The Hall–Kier alpha value is -1.72. The van der Waals surface area contributed by atoms with Crippen molar-refractivity contribution in [2.24, 2.45) is 0 Å². The zero-order valence-electron chi connectivity index (χ0n) is 12.8. The van der Waals surface area contributed by atoms with Gasteiger partial charge in [-0.2, -0.15) is 4.31 Å². The highest BCUT2D eigenvalue weighted by molar-refractivity contribution is 7.89. The quantitative estimate of drug-likeness (QED) is 0.872. The summed E-state index contributed by atoms with van der Waals surface area (Å²) >= 11 is 0. The number of benzene rings is 1. The summed E-state index contributed by atoms with van der Waals surface area (Å²) in [6.07, 6.45) is 1.66. The Balaban J connectivity index is 2.38. The maximum atomic E-state index is 12.8. The number of hydrogen-bond acceptors (Lipinski definition) is 3. The molecule has 0 bridgehead atoms. The van der Waals surface area contributed by atoms with Crippen molar-refractivity contribution in [1.29, 1.82) is 0 Å². The Morgan fingerprint density at radius 1 is 1.10 bits per heavy atom. The van der Waals surface area contributed by atoms with Crippen LogP contribution in [0.5, 0.6) is 0 Å². The van der Waals surface area contributed by atoms with Gasteiger partial charge in [0.25, 0.3) is 0 Å². The first kappa shape index (κ1) is 15.7. The lowest BCUT2D eigenvalue weighted by Crippen LogP contribution is -2.28. The van der Waals surface area contributed by atoms with Crippen molar-refractivity contribution in [1.82, 2.24) is 9.29 Å². The molecule has 2 rings (SSSR count). The van der Waals surface area contributed by atoms with Crippen LogP contribution in [-0.4, -0.2) is 24.8 Å². The molecule has 0 aliphatic carbocycles. The normalized spacial score (nSPS) is 11.9. The van der Waals surface area contributed by atoms with Crippen molar-refractivity contribution in [3.8, 4) is 0 Å². The maximum Gasteiger partial charge on any atom is 0.243 e. The largest absolute Gasteiger partial charge is 0.260 e. The van der Waals surface area contributed by atoms with E-state index in [1.807, 2.05) is 51.1 Å². The number of rotatable bonds is 4. The molecule has 5 heteroatoms. The molecule has 0 N–H and O–H groups in total. The van der Waals surface area contributed by atoms with Gasteiger partial charge in [-0.1, -0.05) is 23.8 Å². The van der Waals surface area contributed by atoms with Crippen molar-refractivity contribution in [2.75, 3.05) is 7.05 Å². The van der Waals surface area contributed by atoms with Crippen LogP contribution >= 0.6 is 0 Å². The zero-order valence-corrected chi connectivity index (χ0v) is 13.6. The van der Waals surface area contributed by atoms with E-state index in [-0.39, 0.29) is 6.54 Å². The standard InChI is InChI=1S/C16H20N2O2S/c1-12-9-13(2)16(14(3)10-12)21(19,20)18(4)11-15-7-5-6-8-17-15/h5-10H,11H2,1-4H3. The van der Waals surface area contributed by atoms with Crippen molar-refractivity contribution in [3.63, 3.8) is 0 Å². The first-order valence-corrected chi connectivity index (χ1v) is 8.20. The molecular formula is C16H20N2O2S. The number of sulfonamides is 1. The van der Waals surface area contributed by atoms with Crippen LogP contribution in [0.1, 0.15) is 22.4 Å². The van der Waals surface area contributed by atoms with E-state index >= 15 is 0 Å². The van der Waals surface area contributed by atoms with E-state index in [0.717, 1.165) is 22.4 Å². The van der Waals surface area contributed by atoms with Crippen LogP contribution in [0, 0.1) is 20.8 Å². The van der Waals surface area contributed by atoms with Gasteiger partial charge in [-0.3, -0.25) is 4.98 Å². The molecule has 0 aliphatic heterocycles. The summed E-state index contributed by atoms with van der Waals surface area (Å²) in [5, 5.41) is 0. The van der Waals surface area contributed by atoms with Crippen LogP contribution < -0.4 is 0 Å². The molecule has 4 nitrogen and oxygen atoms in total. The first-order chi connectivity index (χ1) is 9.82. The summed E-state index contributed by atoms with van der Waals surface area (Å²) in [6.45, 7) is 5.90. The minimum absolute atomic E-state index is 0.260. The summed E-state index contributed by atoms with van der Waals surface area (Å²) in [5.41, 5.74) is 3.35. The number of hydrogen-bond donors (Lipinski definition) is 0. The van der Waals surface area contributed by atoms with E-state index in [2.05, 4.69) is 4.98 Å². The molecule has 0 atom stereocenters. The highest BCUT2D eigenvalue weighted by atomic mass is 32.2. The molecular weight excluding hydrogens is 284 g/mol. The Kier molecular flexibility index (Phi) is 4.44. The van der Waals surface area contributed by atoms with E-state index in [1.165, 1.54) is 4.31 Å². The van der Waals surface area contributed by atoms with Crippen LogP contribution in [0.25, 0.3) is 0 Å². The van der Waals surface area contributed by atoms with Crippen LogP contribution in [0.3, 0.4) is 0 Å². The summed E-state index contributed by atoms with van der Waals surface area (Å²) in [4.78, 5) is 4.57. The molecule has 0 saturated heterocycles. The molecule has 0 unspecified atom stereocenters. The second-order valence-electron chi connectivity index (χ2n) is 5.31. The topological polar surface area (TPSA) is 50.3 Å². The molecule has 0 fully saturated rings. The van der Waals surface area contributed by atoms with Crippen LogP contribution in [0.4, 0.5) is 0 Å². The SMILES string of the molecule is Cc1cc(C)c(S(=O)(=O)N(C)Cc2ccccn2)c(C)c1. The highest BCUT2D eigenvalue weighted by Crippen LogP contribution is 2.25. The summed E-state index contributed by atoms with van der Waals surface area (Å²) < 4.78 is 26.9. The van der Waals surface area contributed by atoms with E-state index in [4.69, 9.17) is 0 Å². The molecule has 0 spiro atoms. The van der Waals surface area contributed by atoms with Gasteiger partial charge >= 0.3 is 0 Å². The summed E-state index contributed by atoms with van der Waals surface area (Å²) in [7, 11) is -1.94. The molecule has 112 valence electrons. The molecule has 1 aromatic heterocycles.